The lowest BCUT2D eigenvalue weighted by Gasteiger charge is -2.13. The van der Waals surface area contributed by atoms with Crippen LogP contribution in [-0.4, -0.2) is 17.8 Å². The molecule has 21 heavy (non-hydrogen) atoms. The smallest absolute Gasteiger partial charge is 0.250 e. The summed E-state index contributed by atoms with van der Waals surface area (Å²) in [6.07, 6.45) is 5.76. The van der Waals surface area contributed by atoms with E-state index in [0.29, 0.717) is 5.69 Å². The zero-order chi connectivity index (χ0) is 14.7. The lowest BCUT2D eigenvalue weighted by molar-refractivity contribution is 0.415. The fraction of sp³-hybridized carbons (Fsp3) is 0.375. The molecule has 3 rings (SSSR count). The Balaban J connectivity index is 1.97. The molecule has 0 bridgehead atoms. The third-order valence-corrected chi connectivity index (χ3v) is 3.82. The highest BCUT2D eigenvalue weighted by Crippen LogP contribution is 2.25. The minimum absolute atomic E-state index is 0.140. The lowest BCUT2D eigenvalue weighted by atomic mass is 9.99. The monoisotopic (exact) mass is 285 g/mol. The molecule has 0 radical (unpaired) electrons. The summed E-state index contributed by atoms with van der Waals surface area (Å²) in [7, 11) is 1.63. The Morgan fingerprint density at radius 3 is 2.76 bits per heavy atom. The molecule has 2 aromatic rings. The Kier molecular flexibility index (Phi) is 3.90. The summed E-state index contributed by atoms with van der Waals surface area (Å²) in [6.45, 7) is 0. The topological polar surface area (TPSA) is 66.5 Å². The average molecular weight is 285 g/mol. The van der Waals surface area contributed by atoms with Crippen molar-refractivity contribution in [1.82, 2.24) is 4.98 Å². The number of hydrogen-bond acceptors (Lipinski definition) is 4. The molecule has 110 valence electrons. The number of fused-ring (bicyclic) bond motifs is 1. The molecule has 0 saturated heterocycles. The number of hydrazone groups is 1. The van der Waals surface area contributed by atoms with Gasteiger partial charge in [0.1, 0.15) is 5.75 Å². The first kappa shape index (κ1) is 13.7. The second-order valence-corrected chi connectivity index (χ2v) is 5.31. The van der Waals surface area contributed by atoms with Crippen molar-refractivity contribution < 1.29 is 4.74 Å². The van der Waals surface area contributed by atoms with Crippen molar-refractivity contribution in [3.63, 3.8) is 0 Å². The van der Waals surface area contributed by atoms with Gasteiger partial charge in [0.2, 0.25) is 0 Å². The van der Waals surface area contributed by atoms with Crippen LogP contribution < -0.4 is 15.7 Å². The van der Waals surface area contributed by atoms with E-state index in [1.54, 1.807) is 7.11 Å². The van der Waals surface area contributed by atoms with Gasteiger partial charge in [-0.25, -0.2) is 0 Å². The van der Waals surface area contributed by atoms with Gasteiger partial charge in [-0.15, -0.1) is 0 Å². The molecule has 1 heterocycles. The summed E-state index contributed by atoms with van der Waals surface area (Å²) in [4.78, 5) is 14.6. The molecular formula is C16H19N3O2. The van der Waals surface area contributed by atoms with E-state index in [9.17, 15) is 4.79 Å². The maximum atomic E-state index is 11.7. The van der Waals surface area contributed by atoms with Crippen molar-refractivity contribution in [3.8, 4) is 5.75 Å². The predicted octanol–water partition coefficient (Wildman–Crippen LogP) is 3.27. The second-order valence-electron chi connectivity index (χ2n) is 5.31. The molecule has 0 amide bonds. The van der Waals surface area contributed by atoms with Crippen molar-refractivity contribution in [2.24, 2.45) is 5.10 Å². The van der Waals surface area contributed by atoms with Gasteiger partial charge >= 0.3 is 0 Å². The average Bonchev–Trinajstić information content (AvgIpc) is 2.53. The van der Waals surface area contributed by atoms with Crippen molar-refractivity contribution >= 4 is 22.3 Å². The number of aromatic amines is 1. The van der Waals surface area contributed by atoms with E-state index in [-0.39, 0.29) is 5.56 Å². The number of rotatable bonds is 3. The van der Waals surface area contributed by atoms with Gasteiger partial charge in [0.25, 0.3) is 5.56 Å². The van der Waals surface area contributed by atoms with E-state index < -0.39 is 0 Å². The Morgan fingerprint density at radius 2 is 2.00 bits per heavy atom. The zero-order valence-electron chi connectivity index (χ0n) is 12.1. The number of benzene rings is 1. The molecular weight excluding hydrogens is 266 g/mol. The van der Waals surface area contributed by atoms with Crippen LogP contribution in [-0.2, 0) is 0 Å². The number of nitrogens with one attached hydrogen (secondary N) is 2. The number of aromatic nitrogens is 1. The van der Waals surface area contributed by atoms with Gasteiger partial charge in [-0.05, 0) is 43.9 Å². The summed E-state index contributed by atoms with van der Waals surface area (Å²) < 4.78 is 5.25. The predicted molar refractivity (Wildman–Crippen MR) is 85.3 cm³/mol. The minimum Gasteiger partial charge on any atom is -0.497 e. The molecule has 1 fully saturated rings. The van der Waals surface area contributed by atoms with Crippen LogP contribution in [0.3, 0.4) is 0 Å². The summed E-state index contributed by atoms with van der Waals surface area (Å²) in [5.74, 6) is 0.753. The van der Waals surface area contributed by atoms with Gasteiger partial charge in [0.15, 0.2) is 0 Å². The number of hydrogen-bond donors (Lipinski definition) is 2. The number of anilines is 1. The summed E-state index contributed by atoms with van der Waals surface area (Å²) >= 11 is 0. The van der Waals surface area contributed by atoms with Gasteiger partial charge < -0.3 is 9.72 Å². The van der Waals surface area contributed by atoms with Crippen LogP contribution in [0.25, 0.3) is 10.9 Å². The molecule has 1 aromatic carbocycles. The first-order valence-corrected chi connectivity index (χ1v) is 7.29. The standard InChI is InChI=1S/C16H19N3O2/c1-21-12-7-8-14-13(9-12)15(10-16(20)17-14)19-18-11-5-3-2-4-6-11/h7-10H,2-6H2,1H3,(H2,17,19,20). The largest absolute Gasteiger partial charge is 0.497 e. The molecule has 2 N–H and O–H groups in total. The third kappa shape index (κ3) is 3.07. The van der Waals surface area contributed by atoms with Crippen LogP contribution in [0.5, 0.6) is 5.75 Å². The van der Waals surface area contributed by atoms with Gasteiger partial charge in [0.05, 0.1) is 18.3 Å². The van der Waals surface area contributed by atoms with E-state index >= 15 is 0 Å². The Hall–Kier alpha value is -2.30. The highest BCUT2D eigenvalue weighted by molar-refractivity contribution is 5.93. The number of pyridine rings is 1. The number of nitrogens with zero attached hydrogens (tertiary/aromatic N) is 1. The fourth-order valence-corrected chi connectivity index (χ4v) is 2.66. The van der Waals surface area contributed by atoms with E-state index in [1.165, 1.54) is 31.0 Å². The lowest BCUT2D eigenvalue weighted by Crippen LogP contribution is -2.10. The van der Waals surface area contributed by atoms with Crippen LogP contribution in [0.1, 0.15) is 32.1 Å². The molecule has 0 unspecified atom stereocenters. The Labute approximate surface area is 123 Å². The maximum absolute atomic E-state index is 11.7. The first-order chi connectivity index (χ1) is 10.3. The zero-order valence-corrected chi connectivity index (χ0v) is 12.1. The number of methoxy groups -OCH3 is 1. The number of H-pyrrole nitrogens is 1. The van der Waals surface area contributed by atoms with Crippen molar-refractivity contribution in [1.29, 1.82) is 0 Å². The van der Waals surface area contributed by atoms with Crippen molar-refractivity contribution in [2.75, 3.05) is 12.5 Å². The molecule has 0 atom stereocenters. The molecule has 1 aliphatic rings. The minimum atomic E-state index is -0.140. The summed E-state index contributed by atoms with van der Waals surface area (Å²) in [6, 6.07) is 7.10. The van der Waals surface area contributed by atoms with E-state index in [1.807, 2.05) is 18.2 Å². The van der Waals surface area contributed by atoms with Gasteiger partial charge in [-0.3, -0.25) is 10.2 Å². The molecule has 0 spiro atoms. The highest BCUT2D eigenvalue weighted by atomic mass is 16.5. The normalized spacial score (nSPS) is 15.0. The first-order valence-electron chi connectivity index (χ1n) is 7.29. The fourth-order valence-electron chi connectivity index (χ4n) is 2.66. The molecule has 5 nitrogen and oxygen atoms in total. The second kappa shape index (κ2) is 5.99. The highest BCUT2D eigenvalue weighted by Gasteiger charge is 2.08. The Bertz CT molecular complexity index is 726. The summed E-state index contributed by atoms with van der Waals surface area (Å²) in [5.41, 5.74) is 5.59. The SMILES string of the molecule is COc1ccc2[nH]c(=O)cc(NN=C3CCCCC3)c2c1. The summed E-state index contributed by atoms with van der Waals surface area (Å²) in [5, 5.41) is 5.37. The van der Waals surface area contributed by atoms with Gasteiger partial charge in [-0.1, -0.05) is 6.42 Å². The maximum Gasteiger partial charge on any atom is 0.250 e. The molecule has 1 aliphatic carbocycles. The van der Waals surface area contributed by atoms with Gasteiger partial charge in [0, 0.05) is 17.2 Å². The Morgan fingerprint density at radius 1 is 1.19 bits per heavy atom. The van der Waals surface area contributed by atoms with Crippen LogP contribution in [0.4, 0.5) is 5.69 Å². The van der Waals surface area contributed by atoms with Crippen molar-refractivity contribution in [2.45, 2.75) is 32.1 Å². The third-order valence-electron chi connectivity index (χ3n) is 3.82. The van der Waals surface area contributed by atoms with Crippen molar-refractivity contribution in [3.05, 3.63) is 34.6 Å². The van der Waals surface area contributed by atoms with E-state index in [4.69, 9.17) is 4.74 Å². The van der Waals surface area contributed by atoms with Crippen LogP contribution >= 0.6 is 0 Å². The van der Waals surface area contributed by atoms with Gasteiger partial charge in [-0.2, -0.15) is 5.10 Å². The van der Waals surface area contributed by atoms with Crippen LogP contribution in [0.2, 0.25) is 0 Å². The van der Waals surface area contributed by atoms with Crippen LogP contribution in [0.15, 0.2) is 34.2 Å². The molecule has 1 saturated carbocycles. The number of ether oxygens (including phenoxy) is 1. The van der Waals surface area contributed by atoms with Crippen LogP contribution in [0, 0.1) is 0 Å². The molecule has 0 aliphatic heterocycles. The van der Waals surface area contributed by atoms with E-state index in [0.717, 1.165) is 29.5 Å². The molecule has 1 aromatic heterocycles. The van der Waals surface area contributed by atoms with E-state index in [2.05, 4.69) is 15.5 Å². The molecule has 5 heteroatoms. The quantitative estimate of drug-likeness (QED) is 0.851.